The molecule has 0 atom stereocenters. The van der Waals surface area contributed by atoms with Crippen LogP contribution >= 0.6 is 0 Å². The third-order valence-corrected chi connectivity index (χ3v) is 4.62. The first-order valence-corrected chi connectivity index (χ1v) is 9.08. The number of ether oxygens (including phenoxy) is 1. The van der Waals surface area contributed by atoms with Crippen molar-refractivity contribution in [3.8, 4) is 17.1 Å². The summed E-state index contributed by atoms with van der Waals surface area (Å²) in [5.41, 5.74) is 4.00. The molecule has 0 aliphatic rings. The molecule has 0 fully saturated rings. The van der Waals surface area contributed by atoms with Gasteiger partial charge in [-0.3, -0.25) is 0 Å². The average molecular weight is 355 g/mol. The number of para-hydroxylation sites is 1. The number of aryl methyl sites for hydroxylation is 1. The molecule has 0 saturated carbocycles. The SMILES string of the molecule is CCc1ccccc1N=c1cc(-c2ccccc2)oc2ccc(OC)cc12. The minimum Gasteiger partial charge on any atom is -0.497 e. The maximum atomic E-state index is 6.17. The predicted molar refractivity (Wildman–Crippen MR) is 109 cm³/mol. The van der Waals surface area contributed by atoms with Crippen LogP contribution in [0.2, 0.25) is 0 Å². The van der Waals surface area contributed by atoms with Crippen molar-refractivity contribution >= 4 is 16.7 Å². The van der Waals surface area contributed by atoms with Crippen molar-refractivity contribution in [1.29, 1.82) is 0 Å². The smallest absolute Gasteiger partial charge is 0.137 e. The molecule has 27 heavy (non-hydrogen) atoms. The first-order valence-electron chi connectivity index (χ1n) is 9.08. The van der Waals surface area contributed by atoms with Gasteiger partial charge in [0, 0.05) is 17.0 Å². The summed E-state index contributed by atoms with van der Waals surface area (Å²) in [6.45, 7) is 2.14. The summed E-state index contributed by atoms with van der Waals surface area (Å²) in [6, 6.07) is 26.2. The van der Waals surface area contributed by atoms with E-state index in [-0.39, 0.29) is 0 Å². The van der Waals surface area contributed by atoms with Crippen LogP contribution in [0.4, 0.5) is 5.69 Å². The summed E-state index contributed by atoms with van der Waals surface area (Å²) in [7, 11) is 1.67. The Labute approximate surface area is 158 Å². The van der Waals surface area contributed by atoms with Gasteiger partial charge in [-0.2, -0.15) is 0 Å². The standard InChI is InChI=1S/C24H21NO2/c1-3-17-9-7-8-12-21(17)25-22-16-24(18-10-5-4-6-11-18)27-23-14-13-19(26-2)15-20(22)23/h4-16H,3H2,1-2H3. The van der Waals surface area contributed by atoms with Crippen molar-refractivity contribution in [3.63, 3.8) is 0 Å². The van der Waals surface area contributed by atoms with Crippen LogP contribution in [0.3, 0.4) is 0 Å². The van der Waals surface area contributed by atoms with Crippen LogP contribution in [0.1, 0.15) is 12.5 Å². The molecule has 4 rings (SSSR count). The molecule has 0 amide bonds. The number of nitrogens with zero attached hydrogens (tertiary/aromatic N) is 1. The van der Waals surface area contributed by atoms with E-state index in [9.17, 15) is 0 Å². The second-order valence-corrected chi connectivity index (χ2v) is 6.32. The van der Waals surface area contributed by atoms with E-state index in [2.05, 4.69) is 25.1 Å². The van der Waals surface area contributed by atoms with E-state index >= 15 is 0 Å². The van der Waals surface area contributed by atoms with Gasteiger partial charge in [-0.1, -0.05) is 55.5 Å². The Kier molecular flexibility index (Phi) is 4.75. The van der Waals surface area contributed by atoms with E-state index in [1.54, 1.807) is 7.11 Å². The summed E-state index contributed by atoms with van der Waals surface area (Å²) in [4.78, 5) is 4.99. The summed E-state index contributed by atoms with van der Waals surface area (Å²) < 4.78 is 11.6. The average Bonchev–Trinajstić information content (AvgIpc) is 2.74. The highest BCUT2D eigenvalue weighted by molar-refractivity contribution is 5.80. The van der Waals surface area contributed by atoms with Crippen LogP contribution in [0.15, 0.2) is 88.3 Å². The molecule has 0 bridgehead atoms. The summed E-state index contributed by atoms with van der Waals surface area (Å²) in [5.74, 6) is 1.58. The molecule has 0 aliphatic carbocycles. The van der Waals surface area contributed by atoms with Gasteiger partial charge in [0.05, 0.1) is 18.2 Å². The number of fused-ring (bicyclic) bond motifs is 1. The van der Waals surface area contributed by atoms with E-state index in [0.29, 0.717) is 0 Å². The fourth-order valence-electron chi connectivity index (χ4n) is 3.16. The number of methoxy groups -OCH3 is 1. The Morgan fingerprint density at radius 1 is 0.889 bits per heavy atom. The van der Waals surface area contributed by atoms with Gasteiger partial charge in [-0.05, 0) is 36.2 Å². The second kappa shape index (κ2) is 7.50. The second-order valence-electron chi connectivity index (χ2n) is 6.32. The first kappa shape index (κ1) is 17.1. The fourth-order valence-corrected chi connectivity index (χ4v) is 3.16. The zero-order chi connectivity index (χ0) is 18.6. The largest absolute Gasteiger partial charge is 0.497 e. The Balaban J connectivity index is 2.02. The normalized spacial score (nSPS) is 11.7. The molecule has 0 radical (unpaired) electrons. The topological polar surface area (TPSA) is 34.7 Å². The zero-order valence-electron chi connectivity index (χ0n) is 15.5. The molecular formula is C24H21NO2. The van der Waals surface area contributed by atoms with Gasteiger partial charge in [-0.25, -0.2) is 4.99 Å². The molecule has 3 heteroatoms. The summed E-state index contributed by atoms with van der Waals surface area (Å²) >= 11 is 0. The van der Waals surface area contributed by atoms with Gasteiger partial charge in [0.15, 0.2) is 0 Å². The zero-order valence-corrected chi connectivity index (χ0v) is 15.5. The molecule has 3 nitrogen and oxygen atoms in total. The van der Waals surface area contributed by atoms with E-state index in [1.807, 2.05) is 60.7 Å². The van der Waals surface area contributed by atoms with Crippen LogP contribution in [-0.4, -0.2) is 7.11 Å². The maximum absolute atomic E-state index is 6.17. The lowest BCUT2D eigenvalue weighted by Gasteiger charge is -2.08. The summed E-state index contributed by atoms with van der Waals surface area (Å²) in [6.07, 6.45) is 0.934. The molecular weight excluding hydrogens is 334 g/mol. The minimum atomic E-state index is 0.782. The van der Waals surface area contributed by atoms with E-state index in [1.165, 1.54) is 5.56 Å². The molecule has 1 aromatic heterocycles. The number of hydrogen-bond acceptors (Lipinski definition) is 3. The molecule has 0 aliphatic heterocycles. The molecule has 134 valence electrons. The quantitative estimate of drug-likeness (QED) is 0.456. The molecule has 1 heterocycles. The Bertz CT molecular complexity index is 1140. The molecule has 0 saturated heterocycles. The minimum absolute atomic E-state index is 0.782. The molecule has 4 aromatic rings. The van der Waals surface area contributed by atoms with Crippen LogP contribution < -0.4 is 10.1 Å². The van der Waals surface area contributed by atoms with E-state index in [0.717, 1.165) is 45.5 Å². The third-order valence-electron chi connectivity index (χ3n) is 4.62. The molecule has 3 aromatic carbocycles. The Hall–Kier alpha value is -3.33. The Morgan fingerprint density at radius 3 is 2.44 bits per heavy atom. The molecule has 0 spiro atoms. The van der Waals surface area contributed by atoms with Crippen molar-refractivity contribution < 1.29 is 9.15 Å². The van der Waals surface area contributed by atoms with Crippen molar-refractivity contribution in [3.05, 3.63) is 89.8 Å². The molecule has 0 unspecified atom stereocenters. The maximum Gasteiger partial charge on any atom is 0.137 e. The van der Waals surface area contributed by atoms with Crippen molar-refractivity contribution in [2.24, 2.45) is 4.99 Å². The van der Waals surface area contributed by atoms with Crippen LogP contribution in [0.5, 0.6) is 5.75 Å². The van der Waals surface area contributed by atoms with Crippen LogP contribution in [0, 0.1) is 0 Å². The van der Waals surface area contributed by atoms with Gasteiger partial charge >= 0.3 is 0 Å². The highest BCUT2D eigenvalue weighted by atomic mass is 16.5. The fraction of sp³-hybridized carbons (Fsp3) is 0.125. The van der Waals surface area contributed by atoms with Crippen molar-refractivity contribution in [2.75, 3.05) is 7.11 Å². The summed E-state index contributed by atoms with van der Waals surface area (Å²) in [5, 5.41) is 1.80. The van der Waals surface area contributed by atoms with Crippen molar-refractivity contribution in [1.82, 2.24) is 0 Å². The van der Waals surface area contributed by atoms with E-state index in [4.69, 9.17) is 14.1 Å². The Morgan fingerprint density at radius 2 is 1.67 bits per heavy atom. The lowest BCUT2D eigenvalue weighted by atomic mass is 10.1. The predicted octanol–water partition coefficient (Wildman–Crippen LogP) is 5.90. The molecule has 0 N–H and O–H groups in total. The van der Waals surface area contributed by atoms with Crippen molar-refractivity contribution in [2.45, 2.75) is 13.3 Å². The highest BCUT2D eigenvalue weighted by Gasteiger charge is 2.08. The van der Waals surface area contributed by atoms with Gasteiger partial charge in [0.1, 0.15) is 17.1 Å². The lowest BCUT2D eigenvalue weighted by molar-refractivity contribution is 0.415. The van der Waals surface area contributed by atoms with Gasteiger partial charge in [-0.15, -0.1) is 0 Å². The van der Waals surface area contributed by atoms with Gasteiger partial charge in [0.2, 0.25) is 0 Å². The third kappa shape index (κ3) is 3.49. The number of hydrogen-bond donors (Lipinski definition) is 0. The van der Waals surface area contributed by atoms with Crippen LogP contribution in [0.25, 0.3) is 22.3 Å². The van der Waals surface area contributed by atoms with Crippen LogP contribution in [-0.2, 0) is 6.42 Å². The monoisotopic (exact) mass is 355 g/mol. The number of rotatable bonds is 4. The van der Waals surface area contributed by atoms with Gasteiger partial charge < -0.3 is 9.15 Å². The van der Waals surface area contributed by atoms with Gasteiger partial charge in [0.25, 0.3) is 0 Å². The lowest BCUT2D eigenvalue weighted by Crippen LogP contribution is -2.04. The van der Waals surface area contributed by atoms with E-state index < -0.39 is 0 Å². The first-order chi connectivity index (χ1) is 13.3. The highest BCUT2D eigenvalue weighted by Crippen LogP contribution is 2.26. The number of benzene rings is 3.